The molecule has 0 bridgehead atoms. The summed E-state index contributed by atoms with van der Waals surface area (Å²) in [5, 5.41) is 1.37. The Kier molecular flexibility index (Phi) is 5.53. The molecule has 1 aromatic carbocycles. The fourth-order valence-electron chi connectivity index (χ4n) is 4.19. The zero-order chi connectivity index (χ0) is 16.4. The third kappa shape index (κ3) is 3.85. The van der Waals surface area contributed by atoms with Crippen LogP contribution in [-0.2, 0) is 4.79 Å². The maximum Gasteiger partial charge on any atom is 0.226 e. The molecule has 2 fully saturated rings. The molecular formula is C19H25Cl2NO. The molecule has 1 saturated carbocycles. The van der Waals surface area contributed by atoms with Crippen LogP contribution in [0.15, 0.2) is 18.2 Å². The van der Waals surface area contributed by atoms with Crippen LogP contribution in [0.25, 0.3) is 0 Å². The van der Waals surface area contributed by atoms with Crippen LogP contribution >= 0.6 is 23.2 Å². The zero-order valence-electron chi connectivity index (χ0n) is 13.7. The highest BCUT2D eigenvalue weighted by atomic mass is 35.5. The molecule has 0 spiro atoms. The molecule has 2 atom stereocenters. The third-order valence-corrected chi connectivity index (χ3v) is 6.06. The van der Waals surface area contributed by atoms with E-state index >= 15 is 0 Å². The molecule has 3 rings (SSSR count). The first-order chi connectivity index (χ1) is 11.1. The number of carbonyl (C=O) groups is 1. The second-order valence-corrected chi connectivity index (χ2v) is 7.96. The standard InChI is InChI=1S/C19H25Cl2NO/c1-13(17-8-7-15(20)12-18(17)21)11-14-9-10-22(19(14)23)16-5-3-2-4-6-16/h7-8,12-14,16H,2-6,9-11H2,1H3. The largest absolute Gasteiger partial charge is 0.339 e. The highest BCUT2D eigenvalue weighted by Gasteiger charge is 2.36. The lowest BCUT2D eigenvalue weighted by molar-refractivity contribution is -0.133. The molecule has 1 aromatic rings. The first-order valence-corrected chi connectivity index (χ1v) is 9.57. The molecule has 23 heavy (non-hydrogen) atoms. The van der Waals surface area contributed by atoms with Gasteiger partial charge in [-0.15, -0.1) is 0 Å². The van der Waals surface area contributed by atoms with E-state index in [2.05, 4.69) is 11.8 Å². The highest BCUT2D eigenvalue weighted by molar-refractivity contribution is 6.35. The van der Waals surface area contributed by atoms with Gasteiger partial charge in [0, 0.05) is 28.5 Å². The molecule has 0 N–H and O–H groups in total. The van der Waals surface area contributed by atoms with Gasteiger partial charge in [-0.25, -0.2) is 0 Å². The first kappa shape index (κ1) is 17.1. The number of halogens is 2. The SMILES string of the molecule is CC(CC1CCN(C2CCCCC2)C1=O)c1ccc(Cl)cc1Cl. The fourth-order valence-corrected chi connectivity index (χ4v) is 4.79. The smallest absolute Gasteiger partial charge is 0.226 e. The van der Waals surface area contributed by atoms with Gasteiger partial charge in [0.05, 0.1) is 0 Å². The Hall–Kier alpha value is -0.730. The van der Waals surface area contributed by atoms with Crippen molar-refractivity contribution < 1.29 is 4.79 Å². The van der Waals surface area contributed by atoms with E-state index in [0.717, 1.165) is 24.9 Å². The predicted molar refractivity (Wildman–Crippen MR) is 96.2 cm³/mol. The lowest BCUT2D eigenvalue weighted by atomic mass is 9.89. The molecule has 2 aliphatic rings. The first-order valence-electron chi connectivity index (χ1n) is 8.81. The summed E-state index contributed by atoms with van der Waals surface area (Å²) in [6.45, 7) is 3.10. The molecule has 1 saturated heterocycles. The maximum absolute atomic E-state index is 12.8. The fraction of sp³-hybridized carbons (Fsp3) is 0.632. The minimum absolute atomic E-state index is 0.152. The molecule has 2 unspecified atom stereocenters. The van der Waals surface area contributed by atoms with E-state index < -0.39 is 0 Å². The summed E-state index contributed by atoms with van der Waals surface area (Å²) in [6.07, 6.45) is 8.13. The second kappa shape index (κ2) is 7.44. The van der Waals surface area contributed by atoms with Gasteiger partial charge < -0.3 is 4.90 Å². The number of rotatable bonds is 4. The molecule has 0 aromatic heterocycles. The third-order valence-electron chi connectivity index (χ3n) is 5.50. The van der Waals surface area contributed by atoms with Crippen LogP contribution in [0.5, 0.6) is 0 Å². The van der Waals surface area contributed by atoms with Crippen LogP contribution in [0.3, 0.4) is 0 Å². The van der Waals surface area contributed by atoms with Crippen molar-refractivity contribution in [3.8, 4) is 0 Å². The van der Waals surface area contributed by atoms with Crippen LogP contribution in [0, 0.1) is 5.92 Å². The topological polar surface area (TPSA) is 20.3 Å². The van der Waals surface area contributed by atoms with Gasteiger partial charge in [-0.2, -0.15) is 0 Å². The number of benzene rings is 1. The van der Waals surface area contributed by atoms with Gasteiger partial charge in [0.25, 0.3) is 0 Å². The van der Waals surface area contributed by atoms with E-state index in [0.29, 0.717) is 22.0 Å². The van der Waals surface area contributed by atoms with Crippen molar-refractivity contribution in [2.75, 3.05) is 6.54 Å². The highest BCUT2D eigenvalue weighted by Crippen LogP contribution is 2.36. The summed E-state index contributed by atoms with van der Waals surface area (Å²) in [7, 11) is 0. The van der Waals surface area contributed by atoms with Crippen LogP contribution in [0.2, 0.25) is 10.0 Å². The average molecular weight is 354 g/mol. The Morgan fingerprint density at radius 3 is 2.61 bits per heavy atom. The van der Waals surface area contributed by atoms with Gasteiger partial charge >= 0.3 is 0 Å². The van der Waals surface area contributed by atoms with Crippen molar-refractivity contribution in [2.45, 2.75) is 63.8 Å². The van der Waals surface area contributed by atoms with Crippen molar-refractivity contribution in [2.24, 2.45) is 5.92 Å². The van der Waals surface area contributed by atoms with E-state index in [1.165, 1.54) is 32.1 Å². The van der Waals surface area contributed by atoms with E-state index in [1.54, 1.807) is 6.07 Å². The monoisotopic (exact) mass is 353 g/mol. The zero-order valence-corrected chi connectivity index (χ0v) is 15.2. The summed E-state index contributed by atoms with van der Waals surface area (Å²) in [6, 6.07) is 6.16. The van der Waals surface area contributed by atoms with Crippen LogP contribution in [0.4, 0.5) is 0 Å². The Bertz CT molecular complexity index is 568. The van der Waals surface area contributed by atoms with Gasteiger partial charge in [0.1, 0.15) is 0 Å². The summed E-state index contributed by atoms with van der Waals surface area (Å²) in [4.78, 5) is 14.9. The van der Waals surface area contributed by atoms with Gasteiger partial charge in [-0.1, -0.05) is 55.5 Å². The molecule has 4 heteroatoms. The summed E-state index contributed by atoms with van der Waals surface area (Å²) < 4.78 is 0. The van der Waals surface area contributed by atoms with Gasteiger partial charge in [-0.05, 0) is 49.3 Å². The Labute approximate surface area is 149 Å². The van der Waals surface area contributed by atoms with E-state index in [-0.39, 0.29) is 11.8 Å². The van der Waals surface area contributed by atoms with Gasteiger partial charge in [0.15, 0.2) is 0 Å². The van der Waals surface area contributed by atoms with Gasteiger partial charge in [0.2, 0.25) is 5.91 Å². The minimum atomic E-state index is 0.152. The Morgan fingerprint density at radius 1 is 1.17 bits per heavy atom. The van der Waals surface area contributed by atoms with Crippen molar-refractivity contribution in [1.29, 1.82) is 0 Å². The number of hydrogen-bond acceptors (Lipinski definition) is 1. The molecule has 2 nitrogen and oxygen atoms in total. The molecule has 1 aliphatic heterocycles. The van der Waals surface area contributed by atoms with Crippen LogP contribution in [-0.4, -0.2) is 23.4 Å². The second-order valence-electron chi connectivity index (χ2n) is 7.11. The van der Waals surface area contributed by atoms with Crippen LogP contribution in [0.1, 0.15) is 63.4 Å². The van der Waals surface area contributed by atoms with E-state index in [9.17, 15) is 4.79 Å². The lowest BCUT2D eigenvalue weighted by Gasteiger charge is -2.31. The molecule has 0 radical (unpaired) electrons. The van der Waals surface area contributed by atoms with Crippen molar-refractivity contribution in [3.05, 3.63) is 33.8 Å². The molecular weight excluding hydrogens is 329 g/mol. The quantitative estimate of drug-likeness (QED) is 0.682. The van der Waals surface area contributed by atoms with Crippen molar-refractivity contribution >= 4 is 29.1 Å². The summed E-state index contributed by atoms with van der Waals surface area (Å²) >= 11 is 12.3. The van der Waals surface area contributed by atoms with Crippen molar-refractivity contribution in [3.63, 3.8) is 0 Å². The maximum atomic E-state index is 12.8. The molecule has 126 valence electrons. The average Bonchev–Trinajstić information content (AvgIpc) is 2.89. The Balaban J connectivity index is 1.63. The number of amides is 1. The minimum Gasteiger partial charge on any atom is -0.339 e. The normalized spacial score (nSPS) is 24.2. The number of likely N-dealkylation sites (tertiary alicyclic amines) is 1. The number of nitrogens with zero attached hydrogens (tertiary/aromatic N) is 1. The van der Waals surface area contributed by atoms with E-state index in [4.69, 9.17) is 23.2 Å². The molecule has 1 heterocycles. The summed E-state index contributed by atoms with van der Waals surface area (Å²) in [5.41, 5.74) is 1.10. The number of carbonyl (C=O) groups excluding carboxylic acids is 1. The molecule has 1 amide bonds. The predicted octanol–water partition coefficient (Wildman–Crippen LogP) is 5.67. The lowest BCUT2D eigenvalue weighted by Crippen LogP contribution is -2.38. The summed E-state index contributed by atoms with van der Waals surface area (Å²) in [5.74, 6) is 0.799. The molecule has 1 aliphatic carbocycles. The Morgan fingerprint density at radius 2 is 1.91 bits per heavy atom. The van der Waals surface area contributed by atoms with E-state index in [1.807, 2.05) is 12.1 Å². The van der Waals surface area contributed by atoms with Gasteiger partial charge in [-0.3, -0.25) is 4.79 Å². The van der Waals surface area contributed by atoms with Crippen molar-refractivity contribution in [1.82, 2.24) is 4.90 Å². The number of hydrogen-bond donors (Lipinski definition) is 0. The van der Waals surface area contributed by atoms with Crippen LogP contribution < -0.4 is 0 Å².